The number of halogens is 3. The van der Waals surface area contributed by atoms with Crippen molar-refractivity contribution in [1.29, 1.82) is 0 Å². The van der Waals surface area contributed by atoms with Crippen molar-refractivity contribution < 1.29 is 18.1 Å². The van der Waals surface area contributed by atoms with Gasteiger partial charge in [-0.25, -0.2) is 0 Å². The van der Waals surface area contributed by atoms with E-state index in [1.54, 1.807) is 0 Å². The van der Waals surface area contributed by atoms with Crippen molar-refractivity contribution in [3.05, 3.63) is 0 Å². The molecular formula is C2H4F3OP. The molecule has 1 atom stereocenters. The van der Waals surface area contributed by atoms with Crippen LogP contribution in [0.4, 0.5) is 13.2 Å². The zero-order valence-electron chi connectivity index (χ0n) is 3.53. The Bertz CT molecular complexity index is 58.4. The third kappa shape index (κ3) is 2.83. The van der Waals surface area contributed by atoms with Gasteiger partial charge in [-0.3, -0.25) is 0 Å². The summed E-state index contributed by atoms with van der Waals surface area (Å²) in [5.74, 6) is -4.38. The molecule has 0 rings (SSSR count). The summed E-state index contributed by atoms with van der Waals surface area (Å²) in [6, 6.07) is 0. The normalized spacial score (nSPS) is 16.7. The maximum atomic E-state index is 11.0. The van der Waals surface area contributed by atoms with Crippen molar-refractivity contribution in [2.24, 2.45) is 0 Å². The SMILES string of the molecule is CP(O)C(F)(F)F. The summed E-state index contributed by atoms with van der Waals surface area (Å²) < 4.78 is 32.9. The maximum absolute atomic E-state index is 11.0. The topological polar surface area (TPSA) is 20.2 Å². The van der Waals surface area contributed by atoms with Crippen LogP contribution in [0, 0.1) is 0 Å². The predicted octanol–water partition coefficient (Wildman–Crippen LogP) is 1.53. The maximum Gasteiger partial charge on any atom is 0.429 e. The van der Waals surface area contributed by atoms with E-state index in [0.29, 0.717) is 0 Å². The number of alkyl halides is 3. The van der Waals surface area contributed by atoms with Crippen molar-refractivity contribution in [2.45, 2.75) is 5.92 Å². The van der Waals surface area contributed by atoms with Crippen LogP contribution in [-0.4, -0.2) is 17.5 Å². The minimum absolute atomic E-state index is 0.745. The standard InChI is InChI=1S/C2H4F3OP/c1-7(6)2(3,4)5/h6H,1H3. The molecule has 0 bridgehead atoms. The highest BCUT2D eigenvalue weighted by Crippen LogP contribution is 2.45. The first-order valence-electron chi connectivity index (χ1n) is 1.44. The van der Waals surface area contributed by atoms with Crippen LogP contribution in [0.3, 0.4) is 0 Å². The minimum atomic E-state index is -4.38. The lowest BCUT2D eigenvalue weighted by Gasteiger charge is -2.06. The van der Waals surface area contributed by atoms with E-state index in [1.165, 1.54) is 0 Å². The Morgan fingerprint density at radius 1 is 1.43 bits per heavy atom. The highest BCUT2D eigenvalue weighted by molar-refractivity contribution is 7.51. The molecule has 44 valence electrons. The summed E-state index contributed by atoms with van der Waals surface area (Å²) in [6.07, 6.45) is 0. The van der Waals surface area contributed by atoms with Gasteiger partial charge >= 0.3 is 5.92 Å². The summed E-state index contributed by atoms with van der Waals surface area (Å²) in [6.45, 7) is 0.745. The molecule has 1 N–H and O–H groups in total. The Labute approximate surface area is 40.0 Å². The van der Waals surface area contributed by atoms with Crippen LogP contribution >= 0.6 is 8.15 Å². The van der Waals surface area contributed by atoms with E-state index in [2.05, 4.69) is 0 Å². The summed E-state index contributed by atoms with van der Waals surface area (Å²) in [5.41, 5.74) is 0. The van der Waals surface area contributed by atoms with E-state index < -0.39 is 14.1 Å². The molecule has 0 aromatic heterocycles. The van der Waals surface area contributed by atoms with Crippen molar-refractivity contribution in [3.8, 4) is 0 Å². The van der Waals surface area contributed by atoms with Crippen molar-refractivity contribution in [3.63, 3.8) is 0 Å². The molecule has 0 aliphatic heterocycles. The lowest BCUT2D eigenvalue weighted by atomic mass is 11.5. The molecule has 1 nitrogen and oxygen atoms in total. The smallest absolute Gasteiger partial charge is 0.366 e. The van der Waals surface area contributed by atoms with Gasteiger partial charge in [-0.05, 0) is 6.66 Å². The quantitative estimate of drug-likeness (QED) is 0.495. The number of rotatable bonds is 0. The van der Waals surface area contributed by atoms with Crippen LogP contribution in [-0.2, 0) is 0 Å². The average Bonchev–Trinajstić information content (AvgIpc) is 1.31. The summed E-state index contributed by atoms with van der Waals surface area (Å²) in [4.78, 5) is 7.83. The highest BCUT2D eigenvalue weighted by Gasteiger charge is 2.34. The molecule has 0 heterocycles. The number of hydrogen-bond acceptors (Lipinski definition) is 1. The Kier molecular flexibility index (Phi) is 2.02. The van der Waals surface area contributed by atoms with Crippen LogP contribution in [0.2, 0.25) is 0 Å². The molecule has 0 amide bonds. The van der Waals surface area contributed by atoms with Gasteiger partial charge in [0.15, 0.2) is 0 Å². The molecule has 0 fully saturated rings. The lowest BCUT2D eigenvalue weighted by Crippen LogP contribution is -2.01. The van der Waals surface area contributed by atoms with Crippen LogP contribution in [0.5, 0.6) is 0 Å². The van der Waals surface area contributed by atoms with Gasteiger partial charge in [0.25, 0.3) is 0 Å². The van der Waals surface area contributed by atoms with Gasteiger partial charge in [-0.1, -0.05) is 0 Å². The lowest BCUT2D eigenvalue weighted by molar-refractivity contribution is -0.0464. The van der Waals surface area contributed by atoms with E-state index in [1.807, 2.05) is 0 Å². The molecule has 0 saturated heterocycles. The second-order valence-corrected chi connectivity index (χ2v) is 2.55. The summed E-state index contributed by atoms with van der Waals surface area (Å²) >= 11 is 0. The monoisotopic (exact) mass is 132 g/mol. The third-order valence-corrected chi connectivity index (χ3v) is 1.10. The molecule has 0 aromatic carbocycles. The van der Waals surface area contributed by atoms with Crippen LogP contribution < -0.4 is 0 Å². The fraction of sp³-hybridized carbons (Fsp3) is 1.00. The average molecular weight is 132 g/mol. The van der Waals surface area contributed by atoms with Crippen molar-refractivity contribution in [1.82, 2.24) is 0 Å². The molecular weight excluding hydrogens is 128 g/mol. The molecule has 0 aromatic rings. The van der Waals surface area contributed by atoms with Gasteiger partial charge < -0.3 is 4.89 Å². The largest absolute Gasteiger partial charge is 0.429 e. The first kappa shape index (κ1) is 7.18. The van der Waals surface area contributed by atoms with Crippen LogP contribution in [0.25, 0.3) is 0 Å². The van der Waals surface area contributed by atoms with Gasteiger partial charge in [0.2, 0.25) is 0 Å². The molecule has 0 radical (unpaired) electrons. The Hall–Kier alpha value is 0.180. The van der Waals surface area contributed by atoms with Crippen molar-refractivity contribution >= 4 is 8.15 Å². The molecule has 0 aliphatic rings. The van der Waals surface area contributed by atoms with Gasteiger partial charge in [-0.15, -0.1) is 0 Å². The fourth-order valence-corrected chi connectivity index (χ4v) is 0. The first-order chi connectivity index (χ1) is 2.94. The second-order valence-electron chi connectivity index (χ2n) is 0.991. The van der Waals surface area contributed by atoms with Gasteiger partial charge in [0.05, 0.1) is 0 Å². The Morgan fingerprint density at radius 3 is 1.57 bits per heavy atom. The van der Waals surface area contributed by atoms with E-state index >= 15 is 0 Å². The van der Waals surface area contributed by atoms with E-state index in [9.17, 15) is 13.2 Å². The summed E-state index contributed by atoms with van der Waals surface area (Å²) in [7, 11) is -2.74. The first-order valence-corrected chi connectivity index (χ1v) is 3.18. The number of hydrogen-bond donors (Lipinski definition) is 1. The predicted molar refractivity (Wildman–Crippen MR) is 21.1 cm³/mol. The van der Waals surface area contributed by atoms with Gasteiger partial charge in [0.1, 0.15) is 8.15 Å². The molecule has 0 saturated carbocycles. The molecule has 1 unspecified atom stereocenters. The van der Waals surface area contributed by atoms with E-state index in [4.69, 9.17) is 4.89 Å². The van der Waals surface area contributed by atoms with Gasteiger partial charge in [0, 0.05) is 0 Å². The second kappa shape index (κ2) is 1.97. The zero-order valence-corrected chi connectivity index (χ0v) is 4.42. The van der Waals surface area contributed by atoms with E-state index in [-0.39, 0.29) is 0 Å². The minimum Gasteiger partial charge on any atom is -0.366 e. The molecule has 0 aliphatic carbocycles. The Balaban J connectivity index is 3.54. The Morgan fingerprint density at radius 2 is 1.57 bits per heavy atom. The van der Waals surface area contributed by atoms with E-state index in [0.717, 1.165) is 6.66 Å². The van der Waals surface area contributed by atoms with Gasteiger partial charge in [-0.2, -0.15) is 13.2 Å². The molecule has 5 heteroatoms. The third-order valence-electron chi connectivity index (χ3n) is 0.367. The van der Waals surface area contributed by atoms with Crippen LogP contribution in [0.15, 0.2) is 0 Å². The van der Waals surface area contributed by atoms with Crippen LogP contribution in [0.1, 0.15) is 0 Å². The molecule has 0 spiro atoms. The van der Waals surface area contributed by atoms with Crippen molar-refractivity contribution in [2.75, 3.05) is 6.66 Å². The summed E-state index contributed by atoms with van der Waals surface area (Å²) in [5, 5.41) is 0. The fourth-order valence-electron chi connectivity index (χ4n) is 0. The highest BCUT2D eigenvalue weighted by atomic mass is 31.1. The zero-order chi connectivity index (χ0) is 6.08. The molecule has 7 heavy (non-hydrogen) atoms.